The molecule has 0 aliphatic heterocycles. The maximum Gasteiger partial charge on any atom is 0.0537 e. The summed E-state index contributed by atoms with van der Waals surface area (Å²) in [6.07, 6.45) is 5.95. The van der Waals surface area contributed by atoms with Crippen LogP contribution in [0.3, 0.4) is 0 Å². The molecule has 0 bridgehead atoms. The van der Waals surface area contributed by atoms with Gasteiger partial charge in [-0.05, 0) is 37.1 Å². The number of likely N-dealkylation sites (N-methyl/N-ethyl adjacent to an activating group) is 1. The van der Waals surface area contributed by atoms with Crippen LogP contribution in [0.1, 0.15) is 37.4 Å². The Kier molecular flexibility index (Phi) is 6.09. The van der Waals surface area contributed by atoms with Gasteiger partial charge in [-0.25, -0.2) is 0 Å². The van der Waals surface area contributed by atoms with E-state index in [4.69, 9.17) is 23.2 Å². The summed E-state index contributed by atoms with van der Waals surface area (Å²) < 4.78 is 1.99. The SMILES string of the molecule is CCCn1cc(C(Cc2ccc(Cl)cc2Cl)NCC)cn1. The van der Waals surface area contributed by atoms with E-state index in [0.717, 1.165) is 31.5 Å². The highest BCUT2D eigenvalue weighted by Crippen LogP contribution is 2.26. The summed E-state index contributed by atoms with van der Waals surface area (Å²) in [5.41, 5.74) is 2.28. The maximum absolute atomic E-state index is 6.28. The van der Waals surface area contributed by atoms with Crippen molar-refractivity contribution in [2.75, 3.05) is 6.54 Å². The summed E-state index contributed by atoms with van der Waals surface area (Å²) in [4.78, 5) is 0. The number of aryl methyl sites for hydroxylation is 1. The zero-order chi connectivity index (χ0) is 15.2. The van der Waals surface area contributed by atoms with Crippen LogP contribution in [0.4, 0.5) is 0 Å². The molecule has 1 aromatic carbocycles. The van der Waals surface area contributed by atoms with Crippen LogP contribution in [0.15, 0.2) is 30.6 Å². The number of benzene rings is 1. The maximum atomic E-state index is 6.28. The lowest BCUT2D eigenvalue weighted by Gasteiger charge is -2.17. The van der Waals surface area contributed by atoms with E-state index >= 15 is 0 Å². The third-order valence-electron chi connectivity index (χ3n) is 3.40. The number of nitrogens with zero attached hydrogens (tertiary/aromatic N) is 2. The largest absolute Gasteiger partial charge is 0.310 e. The van der Waals surface area contributed by atoms with Gasteiger partial charge < -0.3 is 5.32 Å². The zero-order valence-electron chi connectivity index (χ0n) is 12.4. The number of nitrogens with one attached hydrogen (secondary N) is 1. The van der Waals surface area contributed by atoms with Gasteiger partial charge in [0.2, 0.25) is 0 Å². The van der Waals surface area contributed by atoms with E-state index in [1.807, 2.05) is 23.0 Å². The molecule has 21 heavy (non-hydrogen) atoms. The second kappa shape index (κ2) is 7.83. The molecule has 0 radical (unpaired) electrons. The Bertz CT molecular complexity index is 581. The molecule has 0 aliphatic carbocycles. The van der Waals surface area contributed by atoms with Crippen molar-refractivity contribution in [3.8, 4) is 0 Å². The second-order valence-corrected chi connectivity index (χ2v) is 5.93. The average molecular weight is 326 g/mol. The quantitative estimate of drug-likeness (QED) is 0.812. The minimum Gasteiger partial charge on any atom is -0.310 e. The third kappa shape index (κ3) is 4.47. The molecular formula is C16H21Cl2N3. The number of halogens is 2. The first-order valence-electron chi connectivity index (χ1n) is 7.33. The summed E-state index contributed by atoms with van der Waals surface area (Å²) in [5.74, 6) is 0. The van der Waals surface area contributed by atoms with Gasteiger partial charge in [0.05, 0.1) is 6.20 Å². The highest BCUT2D eigenvalue weighted by molar-refractivity contribution is 6.35. The van der Waals surface area contributed by atoms with Crippen LogP contribution in [-0.4, -0.2) is 16.3 Å². The fourth-order valence-electron chi connectivity index (χ4n) is 2.37. The van der Waals surface area contributed by atoms with Gasteiger partial charge in [-0.3, -0.25) is 4.68 Å². The minimum atomic E-state index is 0.208. The molecule has 1 N–H and O–H groups in total. The fraction of sp³-hybridized carbons (Fsp3) is 0.438. The Labute approximate surface area is 136 Å². The molecule has 2 aromatic rings. The molecule has 1 unspecified atom stereocenters. The van der Waals surface area contributed by atoms with Crippen molar-refractivity contribution in [1.29, 1.82) is 0 Å². The molecule has 0 aliphatic rings. The van der Waals surface area contributed by atoms with Gasteiger partial charge in [0, 0.05) is 34.4 Å². The molecule has 114 valence electrons. The van der Waals surface area contributed by atoms with Crippen LogP contribution in [0.25, 0.3) is 0 Å². The summed E-state index contributed by atoms with van der Waals surface area (Å²) in [6.45, 7) is 6.10. The third-order valence-corrected chi connectivity index (χ3v) is 3.98. The average Bonchev–Trinajstić information content (AvgIpc) is 2.90. The topological polar surface area (TPSA) is 29.9 Å². The zero-order valence-corrected chi connectivity index (χ0v) is 14.0. The van der Waals surface area contributed by atoms with Crippen molar-refractivity contribution in [3.05, 3.63) is 51.8 Å². The number of rotatable bonds is 7. The van der Waals surface area contributed by atoms with Crippen molar-refractivity contribution in [2.45, 2.75) is 39.3 Å². The molecule has 0 saturated heterocycles. The van der Waals surface area contributed by atoms with Crippen molar-refractivity contribution in [1.82, 2.24) is 15.1 Å². The van der Waals surface area contributed by atoms with Crippen molar-refractivity contribution < 1.29 is 0 Å². The first kappa shape index (κ1) is 16.3. The monoisotopic (exact) mass is 325 g/mol. The Morgan fingerprint density at radius 2 is 2.10 bits per heavy atom. The highest BCUT2D eigenvalue weighted by Gasteiger charge is 2.15. The lowest BCUT2D eigenvalue weighted by atomic mass is 10.0. The molecule has 0 amide bonds. The van der Waals surface area contributed by atoms with E-state index in [1.165, 1.54) is 5.56 Å². The Morgan fingerprint density at radius 3 is 2.76 bits per heavy atom. The molecule has 2 rings (SSSR count). The highest BCUT2D eigenvalue weighted by atomic mass is 35.5. The van der Waals surface area contributed by atoms with Crippen LogP contribution in [-0.2, 0) is 13.0 Å². The minimum absolute atomic E-state index is 0.208. The van der Waals surface area contributed by atoms with Gasteiger partial charge in [0.1, 0.15) is 0 Å². The molecule has 3 nitrogen and oxygen atoms in total. The second-order valence-electron chi connectivity index (χ2n) is 5.09. The molecule has 1 aromatic heterocycles. The van der Waals surface area contributed by atoms with Gasteiger partial charge in [-0.15, -0.1) is 0 Å². The molecule has 0 spiro atoms. The Balaban J connectivity index is 2.17. The van der Waals surface area contributed by atoms with Crippen LogP contribution in [0, 0.1) is 0 Å². The first-order chi connectivity index (χ1) is 10.1. The molecule has 1 atom stereocenters. The molecule has 5 heteroatoms. The van der Waals surface area contributed by atoms with Crippen LogP contribution in [0.2, 0.25) is 10.0 Å². The standard InChI is InChI=1S/C16H21Cl2N3/c1-3-7-21-11-13(10-20-21)16(19-4-2)8-12-5-6-14(17)9-15(12)18/h5-6,9-11,16,19H,3-4,7-8H2,1-2H3. The van der Waals surface area contributed by atoms with Gasteiger partial charge in [-0.1, -0.05) is 43.1 Å². The van der Waals surface area contributed by atoms with Crippen LogP contribution >= 0.6 is 23.2 Å². The predicted octanol–water partition coefficient (Wildman–Crippen LogP) is 4.49. The fourth-order valence-corrected chi connectivity index (χ4v) is 2.86. The summed E-state index contributed by atoms with van der Waals surface area (Å²) in [6, 6.07) is 5.87. The Hall–Kier alpha value is -1.03. The van der Waals surface area contributed by atoms with E-state index in [1.54, 1.807) is 6.07 Å². The number of hydrogen-bond acceptors (Lipinski definition) is 2. The summed E-state index contributed by atoms with van der Waals surface area (Å²) in [5, 5.41) is 9.29. The van der Waals surface area contributed by atoms with Gasteiger partial charge >= 0.3 is 0 Å². The lowest BCUT2D eigenvalue weighted by Crippen LogP contribution is -2.22. The van der Waals surface area contributed by atoms with E-state index in [-0.39, 0.29) is 6.04 Å². The van der Waals surface area contributed by atoms with Gasteiger partial charge in [0.25, 0.3) is 0 Å². The van der Waals surface area contributed by atoms with Crippen molar-refractivity contribution in [3.63, 3.8) is 0 Å². The molecule has 0 saturated carbocycles. The van der Waals surface area contributed by atoms with E-state index < -0.39 is 0 Å². The smallest absolute Gasteiger partial charge is 0.0537 e. The molecular weight excluding hydrogens is 305 g/mol. The normalized spacial score (nSPS) is 12.6. The number of aromatic nitrogens is 2. The number of hydrogen-bond donors (Lipinski definition) is 1. The van der Waals surface area contributed by atoms with E-state index in [2.05, 4.69) is 30.5 Å². The predicted molar refractivity (Wildman–Crippen MR) is 89.1 cm³/mol. The van der Waals surface area contributed by atoms with Crippen molar-refractivity contribution in [2.24, 2.45) is 0 Å². The molecule has 0 fully saturated rings. The summed E-state index contributed by atoms with van der Waals surface area (Å²) in [7, 11) is 0. The van der Waals surface area contributed by atoms with E-state index in [0.29, 0.717) is 10.0 Å². The Morgan fingerprint density at radius 1 is 1.29 bits per heavy atom. The molecule has 1 heterocycles. The van der Waals surface area contributed by atoms with Crippen LogP contribution in [0.5, 0.6) is 0 Å². The van der Waals surface area contributed by atoms with Crippen molar-refractivity contribution >= 4 is 23.2 Å². The van der Waals surface area contributed by atoms with Crippen LogP contribution < -0.4 is 5.32 Å². The summed E-state index contributed by atoms with van der Waals surface area (Å²) >= 11 is 12.2. The lowest BCUT2D eigenvalue weighted by molar-refractivity contribution is 0.547. The first-order valence-corrected chi connectivity index (χ1v) is 8.09. The van der Waals surface area contributed by atoms with Gasteiger partial charge in [-0.2, -0.15) is 5.10 Å². The van der Waals surface area contributed by atoms with E-state index in [9.17, 15) is 0 Å². The van der Waals surface area contributed by atoms with Gasteiger partial charge in [0.15, 0.2) is 0 Å².